The fraction of sp³-hybridized carbons (Fsp3) is 0.536. The molecule has 2 aromatic carbocycles. The van der Waals surface area contributed by atoms with Gasteiger partial charge in [-0.05, 0) is 47.2 Å². The number of benzene rings is 2. The predicted octanol–water partition coefficient (Wildman–Crippen LogP) is 7.67. The molecule has 168 valence electrons. The molecular weight excluding hydrogens is 382 g/mol. The van der Waals surface area contributed by atoms with Crippen LogP contribution in [0.25, 0.3) is 11.1 Å². The molecule has 0 spiro atoms. The van der Waals surface area contributed by atoms with Crippen LogP contribution in [-0.2, 0) is 4.74 Å². The van der Waals surface area contributed by atoms with E-state index in [0.717, 1.165) is 30.2 Å². The van der Waals surface area contributed by atoms with Crippen LogP contribution in [0.1, 0.15) is 78.2 Å². The molecule has 0 N–H and O–H groups in total. The maximum atomic E-state index is 5.92. The highest BCUT2D eigenvalue weighted by Crippen LogP contribution is 2.28. The van der Waals surface area contributed by atoms with E-state index in [4.69, 9.17) is 14.5 Å². The quantitative estimate of drug-likeness (QED) is 0.348. The average Bonchev–Trinajstić information content (AvgIpc) is 3.27. The van der Waals surface area contributed by atoms with Crippen molar-refractivity contribution in [2.75, 3.05) is 13.2 Å². The smallest absolute Gasteiger partial charge is 0.216 e. The van der Waals surface area contributed by atoms with Gasteiger partial charge in [0.05, 0.1) is 12.6 Å². The van der Waals surface area contributed by atoms with Crippen molar-refractivity contribution in [1.29, 1.82) is 0 Å². The van der Waals surface area contributed by atoms with Crippen LogP contribution in [0.5, 0.6) is 5.75 Å². The molecule has 1 aliphatic heterocycles. The Morgan fingerprint density at radius 2 is 1.35 bits per heavy atom. The van der Waals surface area contributed by atoms with E-state index in [2.05, 4.69) is 76.2 Å². The van der Waals surface area contributed by atoms with Crippen LogP contribution in [0, 0.1) is 5.41 Å². The molecular formula is C28H39NO2. The van der Waals surface area contributed by atoms with Crippen LogP contribution in [0.2, 0.25) is 0 Å². The monoisotopic (exact) mass is 421 g/mol. The van der Waals surface area contributed by atoms with Crippen molar-refractivity contribution in [2.45, 2.75) is 78.7 Å². The van der Waals surface area contributed by atoms with E-state index in [1.165, 1.54) is 49.7 Å². The van der Waals surface area contributed by atoms with Gasteiger partial charge in [-0.3, -0.25) is 0 Å². The van der Waals surface area contributed by atoms with Gasteiger partial charge >= 0.3 is 0 Å². The fourth-order valence-electron chi connectivity index (χ4n) is 3.77. The Morgan fingerprint density at radius 1 is 0.806 bits per heavy atom. The minimum Gasteiger partial charge on any atom is -0.494 e. The first-order chi connectivity index (χ1) is 15.0. The van der Waals surface area contributed by atoms with Crippen LogP contribution < -0.4 is 4.74 Å². The molecule has 31 heavy (non-hydrogen) atoms. The number of ether oxygens (including phenoxy) is 2. The first-order valence-corrected chi connectivity index (χ1v) is 12.0. The topological polar surface area (TPSA) is 30.8 Å². The van der Waals surface area contributed by atoms with Crippen molar-refractivity contribution in [1.82, 2.24) is 0 Å². The van der Waals surface area contributed by atoms with Crippen molar-refractivity contribution in [3.8, 4) is 16.9 Å². The molecule has 0 amide bonds. The highest BCUT2D eigenvalue weighted by molar-refractivity contribution is 5.95. The highest BCUT2D eigenvalue weighted by Gasteiger charge is 2.30. The molecule has 0 bridgehead atoms. The van der Waals surface area contributed by atoms with Crippen molar-refractivity contribution in [2.24, 2.45) is 10.4 Å². The van der Waals surface area contributed by atoms with Gasteiger partial charge in [-0.25, -0.2) is 4.99 Å². The largest absolute Gasteiger partial charge is 0.494 e. The summed E-state index contributed by atoms with van der Waals surface area (Å²) in [6, 6.07) is 17.1. The lowest BCUT2D eigenvalue weighted by molar-refractivity contribution is 0.236. The van der Waals surface area contributed by atoms with Gasteiger partial charge in [0.2, 0.25) is 5.90 Å². The highest BCUT2D eigenvalue weighted by atomic mass is 16.5. The minimum atomic E-state index is 0.125. The Morgan fingerprint density at radius 3 is 1.94 bits per heavy atom. The molecule has 0 aromatic heterocycles. The number of nitrogens with zero attached hydrogens (tertiary/aromatic N) is 1. The van der Waals surface area contributed by atoms with Crippen LogP contribution >= 0.6 is 0 Å². The first kappa shape index (κ1) is 23.4. The van der Waals surface area contributed by atoms with Crippen molar-refractivity contribution in [3.63, 3.8) is 0 Å². The van der Waals surface area contributed by atoms with Crippen molar-refractivity contribution >= 4 is 5.90 Å². The van der Waals surface area contributed by atoms with E-state index in [1.54, 1.807) is 0 Å². The summed E-state index contributed by atoms with van der Waals surface area (Å²) in [7, 11) is 0. The molecule has 1 heterocycles. The fourth-order valence-corrected chi connectivity index (χ4v) is 3.77. The number of unbranched alkanes of at least 4 members (excludes halogenated alkanes) is 6. The lowest BCUT2D eigenvalue weighted by Crippen LogP contribution is -2.25. The summed E-state index contributed by atoms with van der Waals surface area (Å²) in [5.74, 6) is 1.72. The second-order valence-corrected chi connectivity index (χ2v) is 9.70. The van der Waals surface area contributed by atoms with E-state index in [-0.39, 0.29) is 11.5 Å². The summed E-state index contributed by atoms with van der Waals surface area (Å²) in [5, 5.41) is 0. The van der Waals surface area contributed by atoms with Gasteiger partial charge < -0.3 is 9.47 Å². The molecule has 3 nitrogen and oxygen atoms in total. The molecule has 0 unspecified atom stereocenters. The van der Waals surface area contributed by atoms with E-state index >= 15 is 0 Å². The summed E-state index contributed by atoms with van der Waals surface area (Å²) in [4.78, 5) is 4.78. The average molecular weight is 422 g/mol. The summed E-state index contributed by atoms with van der Waals surface area (Å²) in [6.45, 7) is 10.4. The van der Waals surface area contributed by atoms with Gasteiger partial charge in [0.25, 0.3) is 0 Å². The Hall–Kier alpha value is -2.29. The summed E-state index contributed by atoms with van der Waals surface area (Å²) < 4.78 is 11.8. The second-order valence-electron chi connectivity index (χ2n) is 9.70. The zero-order valence-electron chi connectivity index (χ0n) is 19.8. The summed E-state index contributed by atoms with van der Waals surface area (Å²) >= 11 is 0. The van der Waals surface area contributed by atoms with Gasteiger partial charge in [0.15, 0.2) is 0 Å². The summed E-state index contributed by atoms with van der Waals surface area (Å²) in [6.07, 6.45) is 9.14. The lowest BCUT2D eigenvalue weighted by Gasteiger charge is -2.21. The maximum Gasteiger partial charge on any atom is 0.216 e. The molecule has 0 saturated carbocycles. The van der Waals surface area contributed by atoms with E-state index in [1.807, 2.05) is 0 Å². The standard InChI is InChI=1S/C28H39NO2/c1-5-6-7-8-9-10-11-20-30-25-18-16-23(17-19-25)22-12-14-24(15-13-22)27-29-26(21-31-27)28(2,3)4/h12-19,26H,5-11,20-21H2,1-4H3/t26-/m1/s1. The Bertz CT molecular complexity index is 816. The van der Waals surface area contributed by atoms with E-state index < -0.39 is 0 Å². The molecule has 0 radical (unpaired) electrons. The van der Waals surface area contributed by atoms with Gasteiger partial charge in [-0.1, -0.05) is 90.5 Å². The van der Waals surface area contributed by atoms with Gasteiger partial charge in [-0.2, -0.15) is 0 Å². The molecule has 1 aliphatic rings. The number of hydrogen-bond acceptors (Lipinski definition) is 3. The molecule has 3 rings (SSSR count). The zero-order chi connectivity index (χ0) is 22.1. The number of aliphatic imine (C=N–C) groups is 1. The van der Waals surface area contributed by atoms with Crippen LogP contribution in [0.4, 0.5) is 0 Å². The van der Waals surface area contributed by atoms with Crippen LogP contribution in [0.15, 0.2) is 53.5 Å². The molecule has 0 aliphatic carbocycles. The predicted molar refractivity (Wildman–Crippen MR) is 131 cm³/mol. The SMILES string of the molecule is CCCCCCCCCOc1ccc(-c2ccc(C3=N[C@@H](C(C)(C)C)CO3)cc2)cc1. The van der Waals surface area contributed by atoms with E-state index in [0.29, 0.717) is 6.61 Å². The van der Waals surface area contributed by atoms with Crippen molar-refractivity contribution < 1.29 is 9.47 Å². The van der Waals surface area contributed by atoms with Gasteiger partial charge in [0.1, 0.15) is 12.4 Å². The molecule has 0 saturated heterocycles. The molecule has 2 aromatic rings. The summed E-state index contributed by atoms with van der Waals surface area (Å²) in [5.41, 5.74) is 3.55. The van der Waals surface area contributed by atoms with Gasteiger partial charge in [-0.15, -0.1) is 0 Å². The minimum absolute atomic E-state index is 0.125. The maximum absolute atomic E-state index is 5.92. The molecule has 3 heteroatoms. The number of hydrogen-bond donors (Lipinski definition) is 0. The Labute approximate surface area is 188 Å². The second kappa shape index (κ2) is 11.4. The van der Waals surface area contributed by atoms with E-state index in [9.17, 15) is 0 Å². The molecule has 1 atom stereocenters. The van der Waals surface area contributed by atoms with Crippen LogP contribution in [0.3, 0.4) is 0 Å². The van der Waals surface area contributed by atoms with Crippen LogP contribution in [-0.4, -0.2) is 25.2 Å². The third-order valence-electron chi connectivity index (χ3n) is 5.99. The van der Waals surface area contributed by atoms with Gasteiger partial charge in [0, 0.05) is 5.56 Å². The molecule has 0 fully saturated rings. The first-order valence-electron chi connectivity index (χ1n) is 12.0. The third kappa shape index (κ3) is 7.12. The van der Waals surface area contributed by atoms with Crippen molar-refractivity contribution in [3.05, 3.63) is 54.1 Å². The Balaban J connectivity index is 1.47. The normalized spacial score (nSPS) is 16.1. The lowest BCUT2D eigenvalue weighted by atomic mass is 9.88. The Kier molecular flexibility index (Phi) is 8.57. The third-order valence-corrected chi connectivity index (χ3v) is 5.99. The number of rotatable bonds is 11. The zero-order valence-corrected chi connectivity index (χ0v) is 19.8.